The van der Waals surface area contributed by atoms with Crippen LogP contribution in [-0.4, -0.2) is 20.1 Å². The molecule has 0 unspecified atom stereocenters. The molecule has 20 heavy (non-hydrogen) atoms. The van der Waals surface area contributed by atoms with Crippen LogP contribution in [0.25, 0.3) is 10.8 Å². The van der Waals surface area contributed by atoms with Gasteiger partial charge in [-0.2, -0.15) is 0 Å². The lowest BCUT2D eigenvalue weighted by Crippen LogP contribution is -2.35. The fourth-order valence-corrected chi connectivity index (χ4v) is 3.15. The van der Waals surface area contributed by atoms with E-state index in [9.17, 15) is 0 Å². The van der Waals surface area contributed by atoms with Gasteiger partial charge in [-0.05, 0) is 26.7 Å². The lowest BCUT2D eigenvalue weighted by atomic mass is 10.1. The van der Waals surface area contributed by atoms with Crippen LogP contribution in [0.3, 0.4) is 0 Å². The SMILES string of the molecule is CC(C)c1nc(-c2nccn2C)sc1CNC(C)(C)C. The predicted octanol–water partition coefficient (Wildman–Crippen LogP) is 3.56. The third-order valence-electron chi connectivity index (χ3n) is 3.07. The van der Waals surface area contributed by atoms with E-state index >= 15 is 0 Å². The molecule has 5 heteroatoms. The van der Waals surface area contributed by atoms with E-state index < -0.39 is 0 Å². The van der Waals surface area contributed by atoms with Crippen molar-refractivity contribution in [1.29, 1.82) is 0 Å². The fraction of sp³-hybridized carbons (Fsp3) is 0.600. The zero-order valence-electron chi connectivity index (χ0n) is 13.2. The Kier molecular flexibility index (Phi) is 4.30. The van der Waals surface area contributed by atoms with Crippen LogP contribution in [0.15, 0.2) is 12.4 Å². The van der Waals surface area contributed by atoms with Gasteiger partial charge in [0, 0.05) is 36.4 Å². The largest absolute Gasteiger partial charge is 0.332 e. The summed E-state index contributed by atoms with van der Waals surface area (Å²) < 4.78 is 2.02. The van der Waals surface area contributed by atoms with E-state index in [0.29, 0.717) is 5.92 Å². The van der Waals surface area contributed by atoms with Crippen LogP contribution in [0, 0.1) is 0 Å². The molecule has 1 N–H and O–H groups in total. The summed E-state index contributed by atoms with van der Waals surface area (Å²) >= 11 is 1.74. The van der Waals surface area contributed by atoms with Gasteiger partial charge in [0.05, 0.1) is 5.69 Å². The Morgan fingerprint density at radius 2 is 2.05 bits per heavy atom. The highest BCUT2D eigenvalue weighted by Gasteiger charge is 2.19. The predicted molar refractivity (Wildman–Crippen MR) is 85.0 cm³/mol. The maximum atomic E-state index is 4.81. The standard InChI is InChI=1S/C15H24N4S/c1-10(2)12-11(9-17-15(3,4)5)20-14(18-12)13-16-7-8-19(13)6/h7-8,10,17H,9H2,1-6H3. The molecule has 0 aliphatic rings. The van der Waals surface area contributed by atoms with Crippen molar-refractivity contribution in [3.63, 3.8) is 0 Å². The summed E-state index contributed by atoms with van der Waals surface area (Å²) in [6.45, 7) is 11.8. The topological polar surface area (TPSA) is 42.7 Å². The lowest BCUT2D eigenvalue weighted by Gasteiger charge is -2.20. The number of aromatic nitrogens is 3. The van der Waals surface area contributed by atoms with E-state index in [1.165, 1.54) is 10.6 Å². The summed E-state index contributed by atoms with van der Waals surface area (Å²) in [4.78, 5) is 10.5. The van der Waals surface area contributed by atoms with Gasteiger partial charge in [-0.15, -0.1) is 11.3 Å². The highest BCUT2D eigenvalue weighted by molar-refractivity contribution is 7.15. The Hall–Kier alpha value is -1.20. The third-order valence-corrected chi connectivity index (χ3v) is 4.13. The molecular formula is C15H24N4S. The van der Waals surface area contributed by atoms with E-state index in [-0.39, 0.29) is 5.54 Å². The summed E-state index contributed by atoms with van der Waals surface area (Å²) in [5.41, 5.74) is 1.30. The second-order valence-electron chi connectivity index (χ2n) is 6.45. The van der Waals surface area contributed by atoms with Gasteiger partial charge in [0.25, 0.3) is 0 Å². The number of imidazole rings is 1. The minimum absolute atomic E-state index is 0.113. The number of nitrogens with zero attached hydrogens (tertiary/aromatic N) is 3. The van der Waals surface area contributed by atoms with Crippen molar-refractivity contribution in [3.05, 3.63) is 23.0 Å². The normalized spacial score (nSPS) is 12.3. The van der Waals surface area contributed by atoms with E-state index in [0.717, 1.165) is 17.4 Å². The molecule has 2 aromatic rings. The van der Waals surface area contributed by atoms with Crippen LogP contribution in [0.4, 0.5) is 0 Å². The average molecular weight is 292 g/mol. The minimum atomic E-state index is 0.113. The van der Waals surface area contributed by atoms with Gasteiger partial charge < -0.3 is 9.88 Å². The Bertz CT molecular complexity index is 575. The molecule has 0 saturated heterocycles. The molecule has 2 aromatic heterocycles. The van der Waals surface area contributed by atoms with E-state index in [1.807, 2.05) is 24.0 Å². The first-order chi connectivity index (χ1) is 9.28. The molecule has 0 aliphatic heterocycles. The van der Waals surface area contributed by atoms with Gasteiger partial charge in [0.1, 0.15) is 0 Å². The van der Waals surface area contributed by atoms with E-state index in [2.05, 4.69) is 44.9 Å². The number of thiazole rings is 1. The first-order valence-corrected chi connectivity index (χ1v) is 7.82. The van der Waals surface area contributed by atoms with Crippen molar-refractivity contribution < 1.29 is 0 Å². The number of rotatable bonds is 4. The number of aryl methyl sites for hydroxylation is 1. The molecule has 0 atom stereocenters. The summed E-state index contributed by atoms with van der Waals surface area (Å²) in [7, 11) is 2.01. The smallest absolute Gasteiger partial charge is 0.168 e. The molecule has 4 nitrogen and oxygen atoms in total. The van der Waals surface area contributed by atoms with Crippen LogP contribution in [0.2, 0.25) is 0 Å². The van der Waals surface area contributed by atoms with Crippen molar-refractivity contribution in [1.82, 2.24) is 19.9 Å². The van der Waals surface area contributed by atoms with Crippen LogP contribution >= 0.6 is 11.3 Å². The van der Waals surface area contributed by atoms with E-state index in [4.69, 9.17) is 4.98 Å². The monoisotopic (exact) mass is 292 g/mol. The van der Waals surface area contributed by atoms with Crippen molar-refractivity contribution >= 4 is 11.3 Å². The Balaban J connectivity index is 2.31. The number of nitrogens with one attached hydrogen (secondary N) is 1. The Morgan fingerprint density at radius 1 is 1.35 bits per heavy atom. The second kappa shape index (κ2) is 5.66. The number of hydrogen-bond donors (Lipinski definition) is 1. The van der Waals surface area contributed by atoms with E-state index in [1.54, 1.807) is 11.3 Å². The van der Waals surface area contributed by atoms with Crippen molar-refractivity contribution in [3.8, 4) is 10.8 Å². The third kappa shape index (κ3) is 3.46. The van der Waals surface area contributed by atoms with Gasteiger partial charge in [0.2, 0.25) is 0 Å². The maximum absolute atomic E-state index is 4.81. The summed E-state index contributed by atoms with van der Waals surface area (Å²) in [5, 5.41) is 4.56. The van der Waals surface area contributed by atoms with Crippen LogP contribution in [0.1, 0.15) is 51.1 Å². The maximum Gasteiger partial charge on any atom is 0.168 e. The molecule has 0 aromatic carbocycles. The molecule has 2 rings (SSSR count). The van der Waals surface area contributed by atoms with Crippen molar-refractivity contribution in [2.24, 2.45) is 7.05 Å². The van der Waals surface area contributed by atoms with Crippen molar-refractivity contribution in [2.75, 3.05) is 0 Å². The Morgan fingerprint density at radius 3 is 2.55 bits per heavy atom. The highest BCUT2D eigenvalue weighted by Crippen LogP contribution is 2.31. The van der Waals surface area contributed by atoms with Crippen molar-refractivity contribution in [2.45, 2.75) is 52.6 Å². The second-order valence-corrected chi connectivity index (χ2v) is 7.53. The minimum Gasteiger partial charge on any atom is -0.332 e. The lowest BCUT2D eigenvalue weighted by molar-refractivity contribution is 0.425. The van der Waals surface area contributed by atoms with Crippen LogP contribution < -0.4 is 5.32 Å². The van der Waals surface area contributed by atoms with Crippen LogP contribution in [0.5, 0.6) is 0 Å². The first kappa shape index (κ1) is 15.2. The highest BCUT2D eigenvalue weighted by atomic mass is 32.1. The zero-order chi connectivity index (χ0) is 14.9. The van der Waals surface area contributed by atoms with Gasteiger partial charge in [-0.25, -0.2) is 9.97 Å². The van der Waals surface area contributed by atoms with Gasteiger partial charge in [0.15, 0.2) is 10.8 Å². The zero-order valence-corrected chi connectivity index (χ0v) is 14.0. The molecule has 0 radical (unpaired) electrons. The molecule has 0 fully saturated rings. The molecular weight excluding hydrogens is 268 g/mol. The quantitative estimate of drug-likeness (QED) is 0.937. The molecule has 0 amide bonds. The number of hydrogen-bond acceptors (Lipinski definition) is 4. The average Bonchev–Trinajstić information content (AvgIpc) is 2.91. The van der Waals surface area contributed by atoms with Gasteiger partial charge in [-0.1, -0.05) is 13.8 Å². The fourth-order valence-electron chi connectivity index (χ4n) is 1.95. The first-order valence-electron chi connectivity index (χ1n) is 7.00. The molecule has 0 aliphatic carbocycles. The molecule has 2 heterocycles. The summed E-state index contributed by atoms with van der Waals surface area (Å²) in [5.74, 6) is 1.37. The summed E-state index contributed by atoms with van der Waals surface area (Å²) in [6, 6.07) is 0. The molecule has 0 saturated carbocycles. The molecule has 110 valence electrons. The van der Waals surface area contributed by atoms with Crippen LogP contribution in [-0.2, 0) is 13.6 Å². The Labute approximate surface area is 125 Å². The summed E-state index contributed by atoms with van der Waals surface area (Å²) in [6.07, 6.45) is 3.78. The molecule has 0 spiro atoms. The van der Waals surface area contributed by atoms with Gasteiger partial charge >= 0.3 is 0 Å². The van der Waals surface area contributed by atoms with Gasteiger partial charge in [-0.3, -0.25) is 0 Å². The molecule has 0 bridgehead atoms.